The number of carbonyl (C=O) groups is 4. The van der Waals surface area contributed by atoms with Crippen LogP contribution in [-0.2, 0) is 19.2 Å². The van der Waals surface area contributed by atoms with Crippen molar-refractivity contribution < 1.29 is 55.7 Å². The molecule has 16 heteroatoms. The summed E-state index contributed by atoms with van der Waals surface area (Å²) in [6.07, 6.45) is 1.41. The number of methoxy groups -OCH3 is 2. The van der Waals surface area contributed by atoms with Gasteiger partial charge in [-0.1, -0.05) is 18.6 Å². The Hall–Kier alpha value is -3.91. The standard InChI is InChI=1S/C31H25Cl2F5N2O7/c1-4-7-39-26(42)13-6-5-12-14(17(13)27(39)43)10-30(32)28(44)40(24-22(37)20(35)19(34)21(36)23(24)38)29(45)31(30,33)18(12)11-8-15(46-2)25(41)16(9-11)47-3/h5,8-9,13-14,17-18,41H,4,6-7,10H2,1-3H3. The molecule has 1 saturated carbocycles. The maximum atomic E-state index is 15.2. The van der Waals surface area contributed by atoms with Gasteiger partial charge in [0, 0.05) is 12.5 Å². The number of phenolic OH excluding ortho intramolecular Hbond substituents is 1. The van der Waals surface area contributed by atoms with Gasteiger partial charge in [0.2, 0.25) is 23.4 Å². The first-order chi connectivity index (χ1) is 22.1. The SMILES string of the molecule is CCCN1C(=O)C2CC=C3C(CC4(Cl)C(=O)N(c5c(F)c(F)c(F)c(F)c5F)C(=O)C4(Cl)C3c3cc(OC)c(O)c(OC)c3)C2C1=O. The summed E-state index contributed by atoms with van der Waals surface area (Å²) < 4.78 is 83.6. The van der Waals surface area contributed by atoms with Gasteiger partial charge in [0.1, 0.15) is 5.69 Å². The number of aromatic hydroxyl groups is 1. The summed E-state index contributed by atoms with van der Waals surface area (Å²) in [6.45, 7) is 1.88. The zero-order valence-electron chi connectivity index (χ0n) is 24.8. The molecule has 6 rings (SSSR count). The number of amides is 4. The molecular formula is C31H25Cl2F5N2O7. The molecule has 0 spiro atoms. The van der Waals surface area contributed by atoms with Crippen molar-refractivity contribution >= 4 is 52.5 Å². The van der Waals surface area contributed by atoms with E-state index in [1.807, 2.05) is 0 Å². The van der Waals surface area contributed by atoms with Crippen LogP contribution in [0.15, 0.2) is 23.8 Å². The summed E-state index contributed by atoms with van der Waals surface area (Å²) in [6, 6.07) is 2.48. The smallest absolute Gasteiger partial charge is 0.258 e. The Morgan fingerprint density at radius 3 is 1.96 bits per heavy atom. The number of allylic oxidation sites excluding steroid dienone is 2. The van der Waals surface area contributed by atoms with E-state index in [0.29, 0.717) is 6.42 Å². The zero-order chi connectivity index (χ0) is 34.5. The van der Waals surface area contributed by atoms with Crippen molar-refractivity contribution in [1.29, 1.82) is 0 Å². The Morgan fingerprint density at radius 2 is 1.43 bits per heavy atom. The minimum absolute atomic E-state index is 0.00981. The lowest BCUT2D eigenvalue weighted by Crippen LogP contribution is -2.60. The number of likely N-dealkylation sites (tertiary alicyclic amines) is 1. The third kappa shape index (κ3) is 4.12. The molecule has 3 fully saturated rings. The molecule has 4 aliphatic rings. The number of fused-ring (bicyclic) bond motifs is 4. The average Bonchev–Trinajstić information content (AvgIpc) is 3.37. The summed E-state index contributed by atoms with van der Waals surface area (Å²) in [5.74, 6) is -21.9. The van der Waals surface area contributed by atoms with Gasteiger partial charge >= 0.3 is 0 Å². The zero-order valence-corrected chi connectivity index (χ0v) is 26.3. The number of hydrogen-bond donors (Lipinski definition) is 1. The Kier molecular flexibility index (Phi) is 7.78. The van der Waals surface area contributed by atoms with Gasteiger partial charge in [0.05, 0.1) is 26.1 Å². The van der Waals surface area contributed by atoms with Crippen LogP contribution in [0.2, 0.25) is 0 Å². The number of phenols is 1. The third-order valence-corrected chi connectivity index (χ3v) is 11.0. The van der Waals surface area contributed by atoms with Gasteiger partial charge < -0.3 is 14.6 Å². The Bertz CT molecular complexity index is 1770. The van der Waals surface area contributed by atoms with E-state index in [9.17, 15) is 37.5 Å². The van der Waals surface area contributed by atoms with Crippen LogP contribution >= 0.6 is 23.2 Å². The normalized spacial score (nSPS) is 30.0. The number of ether oxygens (including phenoxy) is 2. The molecule has 9 nitrogen and oxygen atoms in total. The second-order valence-corrected chi connectivity index (χ2v) is 13.0. The number of hydrogen-bond acceptors (Lipinski definition) is 7. The molecule has 47 heavy (non-hydrogen) atoms. The summed E-state index contributed by atoms with van der Waals surface area (Å²) in [7, 11) is 2.41. The van der Waals surface area contributed by atoms with Crippen LogP contribution in [-0.4, -0.2) is 64.1 Å². The maximum Gasteiger partial charge on any atom is 0.258 e. The van der Waals surface area contributed by atoms with E-state index in [1.54, 1.807) is 13.0 Å². The number of halogens is 7. The number of carbonyl (C=O) groups excluding carboxylic acids is 4. The highest BCUT2D eigenvalue weighted by Gasteiger charge is 2.77. The number of rotatable bonds is 6. The molecule has 0 bridgehead atoms. The first-order valence-electron chi connectivity index (χ1n) is 14.4. The molecular weight excluding hydrogens is 678 g/mol. The van der Waals surface area contributed by atoms with Crippen molar-refractivity contribution in [2.24, 2.45) is 17.8 Å². The van der Waals surface area contributed by atoms with Crippen LogP contribution in [0.4, 0.5) is 27.6 Å². The molecule has 0 radical (unpaired) electrons. The molecule has 2 saturated heterocycles. The van der Waals surface area contributed by atoms with E-state index < -0.39 is 104 Å². The summed E-state index contributed by atoms with van der Waals surface area (Å²) in [4.78, 5) is 51.0. The number of benzene rings is 2. The van der Waals surface area contributed by atoms with E-state index in [4.69, 9.17) is 32.7 Å². The van der Waals surface area contributed by atoms with Crippen LogP contribution in [0.1, 0.15) is 37.7 Å². The van der Waals surface area contributed by atoms with E-state index in [1.165, 1.54) is 26.4 Å². The molecule has 0 aromatic heterocycles. The highest BCUT2D eigenvalue weighted by atomic mass is 35.5. The topological polar surface area (TPSA) is 113 Å². The highest BCUT2D eigenvalue weighted by molar-refractivity contribution is 6.58. The molecule has 2 aliphatic heterocycles. The maximum absolute atomic E-state index is 15.2. The number of alkyl halides is 2. The molecule has 1 N–H and O–H groups in total. The number of imide groups is 2. The monoisotopic (exact) mass is 702 g/mol. The van der Waals surface area contributed by atoms with Gasteiger partial charge in [0.15, 0.2) is 44.5 Å². The van der Waals surface area contributed by atoms with Gasteiger partial charge in [-0.3, -0.25) is 24.1 Å². The molecule has 6 unspecified atom stereocenters. The number of nitrogens with zero attached hydrogens (tertiary/aromatic N) is 2. The summed E-state index contributed by atoms with van der Waals surface area (Å²) in [5, 5.41) is 10.6. The Labute approximate surface area is 273 Å². The first-order valence-corrected chi connectivity index (χ1v) is 15.2. The van der Waals surface area contributed by atoms with Gasteiger partial charge in [0.25, 0.3) is 11.8 Å². The molecule has 4 amide bonds. The van der Waals surface area contributed by atoms with E-state index in [2.05, 4.69) is 0 Å². The predicted molar refractivity (Wildman–Crippen MR) is 155 cm³/mol. The molecule has 250 valence electrons. The number of anilines is 1. The van der Waals surface area contributed by atoms with Crippen LogP contribution < -0.4 is 14.4 Å². The highest BCUT2D eigenvalue weighted by Crippen LogP contribution is 2.66. The van der Waals surface area contributed by atoms with Crippen molar-refractivity contribution in [3.8, 4) is 17.2 Å². The second kappa shape index (κ2) is 11.1. The van der Waals surface area contributed by atoms with Crippen LogP contribution in [0.3, 0.4) is 0 Å². The Balaban J connectivity index is 1.63. The summed E-state index contributed by atoms with van der Waals surface area (Å²) in [5.41, 5.74) is -1.60. The van der Waals surface area contributed by atoms with Gasteiger partial charge in [-0.25, -0.2) is 26.9 Å². The van der Waals surface area contributed by atoms with E-state index >= 15 is 8.78 Å². The Morgan fingerprint density at radius 1 is 0.872 bits per heavy atom. The lowest BCUT2D eigenvalue weighted by Gasteiger charge is -2.50. The van der Waals surface area contributed by atoms with Gasteiger partial charge in [-0.05, 0) is 42.9 Å². The molecule has 2 aromatic rings. The van der Waals surface area contributed by atoms with Crippen molar-refractivity contribution in [3.05, 3.63) is 58.4 Å². The van der Waals surface area contributed by atoms with Crippen LogP contribution in [0.5, 0.6) is 17.2 Å². The van der Waals surface area contributed by atoms with Crippen LogP contribution in [0.25, 0.3) is 0 Å². The minimum atomic E-state index is -2.72. The molecule has 2 aliphatic carbocycles. The lowest BCUT2D eigenvalue weighted by atomic mass is 9.56. The lowest BCUT2D eigenvalue weighted by molar-refractivity contribution is -0.140. The van der Waals surface area contributed by atoms with Crippen molar-refractivity contribution in [3.63, 3.8) is 0 Å². The van der Waals surface area contributed by atoms with Gasteiger partial charge in [-0.2, -0.15) is 0 Å². The van der Waals surface area contributed by atoms with Crippen molar-refractivity contribution in [1.82, 2.24) is 4.90 Å². The quantitative estimate of drug-likeness (QED) is 0.112. The first kappa shape index (κ1) is 33.0. The average molecular weight is 703 g/mol. The van der Waals surface area contributed by atoms with Crippen molar-refractivity contribution in [2.75, 3.05) is 25.7 Å². The van der Waals surface area contributed by atoms with Gasteiger partial charge in [-0.15, -0.1) is 23.2 Å². The second-order valence-electron chi connectivity index (χ2n) is 11.8. The third-order valence-electron chi connectivity index (χ3n) is 9.60. The van der Waals surface area contributed by atoms with E-state index in [0.717, 1.165) is 4.90 Å². The molecule has 2 heterocycles. The van der Waals surface area contributed by atoms with Crippen molar-refractivity contribution in [2.45, 2.75) is 41.9 Å². The molecule has 6 atom stereocenters. The minimum Gasteiger partial charge on any atom is -0.502 e. The molecule has 2 aromatic carbocycles. The predicted octanol–water partition coefficient (Wildman–Crippen LogP) is 5.08. The fraction of sp³-hybridized carbons (Fsp3) is 0.419. The largest absolute Gasteiger partial charge is 0.502 e. The fourth-order valence-electron chi connectivity index (χ4n) is 7.53. The van der Waals surface area contributed by atoms with E-state index in [-0.39, 0.29) is 40.5 Å². The fourth-order valence-corrected chi connectivity index (χ4v) is 8.47. The van der Waals surface area contributed by atoms with Crippen LogP contribution in [0, 0.1) is 46.8 Å². The summed E-state index contributed by atoms with van der Waals surface area (Å²) >= 11 is 14.2.